The Morgan fingerprint density at radius 3 is 1.94 bits per heavy atom. The lowest BCUT2D eigenvalue weighted by Gasteiger charge is -2.33. The number of esters is 1. The van der Waals surface area contributed by atoms with E-state index < -0.39 is 30.7 Å². The van der Waals surface area contributed by atoms with Crippen LogP contribution in [0.4, 0.5) is 0 Å². The normalized spacial score (nSPS) is 24.6. The molecule has 0 unspecified atom stereocenters. The average molecular weight is 473 g/mol. The number of ether oxygens (including phenoxy) is 4. The highest BCUT2D eigenvalue weighted by Gasteiger charge is 2.55. The Kier molecular flexibility index (Phi) is 13.9. The first-order chi connectivity index (χ1) is 16.0. The highest BCUT2D eigenvalue weighted by Crippen LogP contribution is 2.34. The molecule has 0 bridgehead atoms. The number of aliphatic hydroxyl groups is 2. The molecule has 0 aliphatic carbocycles. The van der Waals surface area contributed by atoms with Gasteiger partial charge in [-0.15, -0.1) is 0 Å². The first kappa shape index (κ1) is 28.5. The van der Waals surface area contributed by atoms with Gasteiger partial charge in [0.05, 0.1) is 19.8 Å². The van der Waals surface area contributed by atoms with E-state index in [0.717, 1.165) is 25.2 Å². The van der Waals surface area contributed by atoms with Crippen molar-refractivity contribution < 1.29 is 34.0 Å². The molecule has 0 aromatic rings. The minimum absolute atomic E-state index is 0.0230. The molecule has 2 aliphatic rings. The zero-order chi connectivity index (χ0) is 23.9. The first-order valence-corrected chi connectivity index (χ1v) is 13.4. The molecular weight excluding hydrogens is 424 g/mol. The van der Waals surface area contributed by atoms with E-state index >= 15 is 0 Å². The third-order valence-corrected chi connectivity index (χ3v) is 6.73. The third kappa shape index (κ3) is 10.2. The van der Waals surface area contributed by atoms with E-state index in [1.807, 2.05) is 0 Å². The third-order valence-electron chi connectivity index (χ3n) is 6.73. The van der Waals surface area contributed by atoms with Crippen molar-refractivity contribution in [2.24, 2.45) is 5.92 Å². The summed E-state index contributed by atoms with van der Waals surface area (Å²) >= 11 is 0. The molecule has 33 heavy (non-hydrogen) atoms. The summed E-state index contributed by atoms with van der Waals surface area (Å²) in [6, 6.07) is 0. The van der Waals surface area contributed by atoms with Crippen LogP contribution >= 0.6 is 0 Å². The van der Waals surface area contributed by atoms with E-state index in [1.54, 1.807) is 0 Å². The topological polar surface area (TPSA) is 94.5 Å². The van der Waals surface area contributed by atoms with Crippen LogP contribution in [0.15, 0.2) is 0 Å². The number of rotatable bonds is 18. The fraction of sp³-hybridized carbons (Fsp3) is 0.962. The molecule has 0 spiro atoms. The van der Waals surface area contributed by atoms with Crippen molar-refractivity contribution in [2.45, 2.75) is 128 Å². The van der Waals surface area contributed by atoms with Crippen LogP contribution in [0.2, 0.25) is 0 Å². The summed E-state index contributed by atoms with van der Waals surface area (Å²) in [6.07, 6.45) is 14.0. The van der Waals surface area contributed by atoms with Gasteiger partial charge in [0.25, 0.3) is 0 Å². The quantitative estimate of drug-likeness (QED) is 0.224. The Bertz CT molecular complexity index is 519. The van der Waals surface area contributed by atoms with Crippen LogP contribution in [-0.2, 0) is 23.7 Å². The van der Waals surface area contributed by atoms with Gasteiger partial charge in [-0.25, -0.2) is 0 Å². The van der Waals surface area contributed by atoms with Crippen LogP contribution in [0.25, 0.3) is 0 Å². The van der Waals surface area contributed by atoms with Gasteiger partial charge >= 0.3 is 5.97 Å². The second kappa shape index (κ2) is 16.0. The average Bonchev–Trinajstić information content (AvgIpc) is 3.41. The van der Waals surface area contributed by atoms with Crippen molar-refractivity contribution in [2.75, 3.05) is 26.4 Å². The number of hydrogen-bond donors (Lipinski definition) is 2. The molecule has 0 radical (unpaired) electrons. The van der Waals surface area contributed by atoms with E-state index in [9.17, 15) is 15.0 Å². The van der Waals surface area contributed by atoms with Crippen LogP contribution in [0.5, 0.6) is 0 Å². The predicted molar refractivity (Wildman–Crippen MR) is 127 cm³/mol. The first-order valence-electron chi connectivity index (χ1n) is 13.4. The summed E-state index contributed by atoms with van der Waals surface area (Å²) < 4.78 is 22.1. The number of aliphatic hydroxyl groups excluding tert-OH is 2. The molecule has 2 saturated heterocycles. The molecule has 0 amide bonds. The van der Waals surface area contributed by atoms with Gasteiger partial charge in [-0.2, -0.15) is 0 Å². The summed E-state index contributed by atoms with van der Waals surface area (Å²) in [5.41, 5.74) is 0. The van der Waals surface area contributed by atoms with E-state index in [1.165, 1.54) is 64.2 Å². The van der Waals surface area contributed by atoms with Crippen molar-refractivity contribution in [3.8, 4) is 0 Å². The highest BCUT2D eigenvalue weighted by atomic mass is 16.8. The van der Waals surface area contributed by atoms with Gasteiger partial charge in [0.1, 0.15) is 12.7 Å². The predicted octanol–water partition coefficient (Wildman–Crippen LogP) is 4.51. The van der Waals surface area contributed by atoms with Crippen molar-refractivity contribution in [1.82, 2.24) is 0 Å². The Hall–Kier alpha value is -0.730. The van der Waals surface area contributed by atoms with Gasteiger partial charge in [0, 0.05) is 6.42 Å². The molecule has 0 aromatic heterocycles. The standard InChI is InChI=1S/C26H48O7/c1-21(2)15-13-11-9-7-5-3-4-6-8-10-12-14-16-23(29)33-24-22(28)19-30-25(24)26(20-27)31-17-18-32-26/h21-22,24-25,27-28H,3-20H2,1-2H3/t22-,24+,25-/m0/s1. The van der Waals surface area contributed by atoms with Crippen molar-refractivity contribution in [3.63, 3.8) is 0 Å². The lowest BCUT2D eigenvalue weighted by Crippen LogP contribution is -2.54. The molecule has 3 atom stereocenters. The van der Waals surface area contributed by atoms with Crippen LogP contribution in [0, 0.1) is 5.92 Å². The summed E-state index contributed by atoms with van der Waals surface area (Å²) in [5, 5.41) is 19.9. The lowest BCUT2D eigenvalue weighted by molar-refractivity contribution is -0.257. The van der Waals surface area contributed by atoms with E-state index in [2.05, 4.69) is 13.8 Å². The zero-order valence-corrected chi connectivity index (χ0v) is 21.0. The van der Waals surface area contributed by atoms with Gasteiger partial charge in [-0.1, -0.05) is 90.9 Å². The molecule has 2 heterocycles. The second-order valence-electron chi connectivity index (χ2n) is 10.1. The highest BCUT2D eigenvalue weighted by molar-refractivity contribution is 5.69. The van der Waals surface area contributed by atoms with Gasteiger partial charge < -0.3 is 29.2 Å². The van der Waals surface area contributed by atoms with Gasteiger partial charge in [-0.3, -0.25) is 4.79 Å². The van der Waals surface area contributed by atoms with Gasteiger partial charge in [-0.05, 0) is 12.3 Å². The van der Waals surface area contributed by atoms with E-state index in [4.69, 9.17) is 18.9 Å². The van der Waals surface area contributed by atoms with Crippen molar-refractivity contribution >= 4 is 5.97 Å². The Balaban J connectivity index is 1.46. The smallest absolute Gasteiger partial charge is 0.306 e. The molecule has 0 saturated carbocycles. The Morgan fingerprint density at radius 1 is 0.909 bits per heavy atom. The molecular formula is C26H48O7. The number of carbonyl (C=O) groups is 1. The summed E-state index contributed by atoms with van der Waals surface area (Å²) in [6.45, 7) is 4.86. The number of unbranched alkanes of at least 4 members (excludes halogenated alkanes) is 11. The van der Waals surface area contributed by atoms with Crippen molar-refractivity contribution in [3.05, 3.63) is 0 Å². The van der Waals surface area contributed by atoms with Crippen molar-refractivity contribution in [1.29, 1.82) is 0 Å². The minimum atomic E-state index is -1.36. The number of hydrogen-bond acceptors (Lipinski definition) is 7. The summed E-state index contributed by atoms with van der Waals surface area (Å²) in [7, 11) is 0. The molecule has 0 aromatic carbocycles. The maximum absolute atomic E-state index is 12.3. The van der Waals surface area contributed by atoms with Crippen LogP contribution in [0.1, 0.15) is 104 Å². The molecule has 2 aliphatic heterocycles. The largest absolute Gasteiger partial charge is 0.456 e. The summed E-state index contributed by atoms with van der Waals surface area (Å²) in [4.78, 5) is 12.3. The monoisotopic (exact) mass is 472 g/mol. The van der Waals surface area contributed by atoms with E-state index in [0.29, 0.717) is 19.6 Å². The molecule has 194 valence electrons. The molecule has 7 nitrogen and oxygen atoms in total. The Labute approximate surface area is 200 Å². The maximum atomic E-state index is 12.3. The maximum Gasteiger partial charge on any atom is 0.306 e. The second-order valence-corrected chi connectivity index (χ2v) is 10.1. The molecule has 7 heteroatoms. The molecule has 2 N–H and O–H groups in total. The van der Waals surface area contributed by atoms with Crippen LogP contribution in [0.3, 0.4) is 0 Å². The molecule has 2 rings (SSSR count). The SMILES string of the molecule is CC(C)CCCCCCCCCCCCCCC(=O)O[C@@H]1[C@@H](O)CO[C@@H]1C1(CO)OCCO1. The van der Waals surface area contributed by atoms with Crippen LogP contribution < -0.4 is 0 Å². The van der Waals surface area contributed by atoms with Gasteiger partial charge in [0.2, 0.25) is 5.79 Å². The summed E-state index contributed by atoms with van der Waals surface area (Å²) in [5.74, 6) is -0.881. The van der Waals surface area contributed by atoms with Gasteiger partial charge in [0.15, 0.2) is 12.2 Å². The lowest BCUT2D eigenvalue weighted by atomic mass is 10.0. The fourth-order valence-electron chi connectivity index (χ4n) is 4.73. The van der Waals surface area contributed by atoms with Crippen LogP contribution in [-0.4, -0.2) is 66.7 Å². The Morgan fingerprint density at radius 2 is 1.42 bits per heavy atom. The number of carbonyl (C=O) groups excluding carboxylic acids is 1. The molecule has 2 fully saturated rings. The fourth-order valence-corrected chi connectivity index (χ4v) is 4.73. The minimum Gasteiger partial charge on any atom is -0.456 e. The zero-order valence-electron chi connectivity index (χ0n) is 21.0. The van der Waals surface area contributed by atoms with E-state index in [-0.39, 0.29) is 12.6 Å².